The first-order valence-electron chi connectivity index (χ1n) is 18.7. The van der Waals surface area contributed by atoms with Gasteiger partial charge >= 0.3 is 6.09 Å². The normalized spacial score (nSPS) is 18.3. The molecule has 286 valence electrons. The van der Waals surface area contributed by atoms with E-state index in [-0.39, 0.29) is 37.4 Å². The maximum absolute atomic E-state index is 14.7. The second-order valence-electron chi connectivity index (χ2n) is 16.2. The van der Waals surface area contributed by atoms with Gasteiger partial charge in [-0.25, -0.2) is 19.7 Å². The van der Waals surface area contributed by atoms with Gasteiger partial charge in [-0.1, -0.05) is 43.3 Å². The average Bonchev–Trinajstić information content (AvgIpc) is 3.67. The van der Waals surface area contributed by atoms with Crippen molar-refractivity contribution in [2.75, 3.05) is 42.2 Å². The minimum absolute atomic E-state index is 0.0638. The number of amides is 4. The van der Waals surface area contributed by atoms with Crippen LogP contribution in [-0.2, 0) is 50.5 Å². The zero-order valence-corrected chi connectivity index (χ0v) is 32.1. The van der Waals surface area contributed by atoms with Gasteiger partial charge in [0, 0.05) is 62.3 Å². The molecule has 2 N–H and O–H groups in total. The van der Waals surface area contributed by atoms with Crippen LogP contribution in [0.15, 0.2) is 79.4 Å². The monoisotopic (exact) mass is 744 g/mol. The molecule has 4 heterocycles. The fourth-order valence-electron chi connectivity index (χ4n) is 7.95. The Bertz CT molecular complexity index is 2110. The van der Waals surface area contributed by atoms with Crippen LogP contribution in [0.1, 0.15) is 68.4 Å². The molecule has 0 unspecified atom stereocenters. The van der Waals surface area contributed by atoms with Gasteiger partial charge in [0.05, 0.1) is 5.41 Å². The number of fused-ring (bicyclic) bond motifs is 3. The number of ether oxygens (including phenoxy) is 1. The van der Waals surface area contributed by atoms with Gasteiger partial charge in [0.15, 0.2) is 0 Å². The second kappa shape index (κ2) is 14.8. The van der Waals surface area contributed by atoms with E-state index in [0.29, 0.717) is 50.3 Å². The van der Waals surface area contributed by atoms with Crippen LogP contribution >= 0.6 is 0 Å². The molecule has 1 spiro atoms. The third kappa shape index (κ3) is 7.87. The zero-order chi connectivity index (χ0) is 39.0. The summed E-state index contributed by atoms with van der Waals surface area (Å²) in [6, 6.07) is 19.1. The fourth-order valence-corrected chi connectivity index (χ4v) is 7.95. The Morgan fingerprint density at radius 1 is 0.927 bits per heavy atom. The summed E-state index contributed by atoms with van der Waals surface area (Å²) < 4.78 is 5.58. The van der Waals surface area contributed by atoms with Crippen LogP contribution in [0.4, 0.5) is 22.1 Å². The number of nitrogens with one attached hydrogen (secondary N) is 2. The molecule has 13 nitrogen and oxygen atoms in total. The number of pyridine rings is 1. The Kier molecular flexibility index (Phi) is 10.1. The number of rotatable bonds is 9. The number of anilines is 3. The van der Waals surface area contributed by atoms with Crippen molar-refractivity contribution in [1.29, 1.82) is 0 Å². The second-order valence-corrected chi connectivity index (χ2v) is 16.2. The smallest absolute Gasteiger partial charge is 0.410 e. The van der Waals surface area contributed by atoms with E-state index in [2.05, 4.69) is 30.5 Å². The Balaban J connectivity index is 1.10. The van der Waals surface area contributed by atoms with Crippen LogP contribution in [0.2, 0.25) is 0 Å². The molecular weight excluding hydrogens is 697 g/mol. The summed E-state index contributed by atoms with van der Waals surface area (Å²) in [6.45, 7) is 8.96. The highest BCUT2D eigenvalue weighted by Crippen LogP contribution is 2.47. The number of benzene rings is 2. The molecular formula is C42H48N8O5. The SMILES string of the molecule is CN(Cc1ccccc1CN(CC(=O)Nc1ccc2c(c1)C[C@@]1(C2)C(=O)Nc2ncccc21)C(=O)C1(C)CCN(c2ccncn2)CC1)C(=O)OC(C)(C)C. The predicted molar refractivity (Wildman–Crippen MR) is 208 cm³/mol. The molecule has 7 rings (SSSR count). The van der Waals surface area contributed by atoms with E-state index in [1.807, 2.05) is 88.4 Å². The van der Waals surface area contributed by atoms with Crippen LogP contribution in [0.5, 0.6) is 0 Å². The van der Waals surface area contributed by atoms with E-state index < -0.39 is 22.5 Å². The highest BCUT2D eigenvalue weighted by molar-refractivity contribution is 6.06. The van der Waals surface area contributed by atoms with Crippen molar-refractivity contribution in [1.82, 2.24) is 24.8 Å². The molecule has 0 radical (unpaired) electrons. The Hall–Kier alpha value is -5.85. The molecule has 1 fully saturated rings. The quantitative estimate of drug-likeness (QED) is 0.227. The van der Waals surface area contributed by atoms with E-state index >= 15 is 0 Å². The summed E-state index contributed by atoms with van der Waals surface area (Å²) in [6.07, 6.45) is 6.66. The summed E-state index contributed by atoms with van der Waals surface area (Å²) in [7, 11) is 1.68. The van der Waals surface area contributed by atoms with Gasteiger partial charge in [-0.3, -0.25) is 14.4 Å². The van der Waals surface area contributed by atoms with E-state index in [0.717, 1.165) is 33.6 Å². The Morgan fingerprint density at radius 2 is 1.65 bits per heavy atom. The Morgan fingerprint density at radius 3 is 2.36 bits per heavy atom. The van der Waals surface area contributed by atoms with Crippen LogP contribution in [0, 0.1) is 5.41 Å². The molecule has 0 saturated carbocycles. The molecule has 2 aromatic heterocycles. The lowest BCUT2D eigenvalue weighted by Gasteiger charge is -2.41. The third-order valence-corrected chi connectivity index (χ3v) is 11.0. The number of hydrogen-bond donors (Lipinski definition) is 2. The molecule has 13 heteroatoms. The van der Waals surface area contributed by atoms with Crippen LogP contribution in [-0.4, -0.2) is 80.8 Å². The van der Waals surface area contributed by atoms with Crippen molar-refractivity contribution in [2.45, 2.75) is 77.5 Å². The number of carbonyl (C=O) groups is 4. The van der Waals surface area contributed by atoms with Gasteiger partial charge in [0.2, 0.25) is 17.7 Å². The van der Waals surface area contributed by atoms with Crippen molar-refractivity contribution in [3.8, 4) is 0 Å². The highest BCUT2D eigenvalue weighted by Gasteiger charge is 2.51. The van der Waals surface area contributed by atoms with Crippen LogP contribution < -0.4 is 15.5 Å². The van der Waals surface area contributed by atoms with Crippen molar-refractivity contribution in [2.24, 2.45) is 5.41 Å². The lowest BCUT2D eigenvalue weighted by molar-refractivity contribution is -0.145. The Labute approximate surface area is 321 Å². The van der Waals surface area contributed by atoms with E-state index in [4.69, 9.17) is 4.74 Å². The number of aromatic nitrogens is 3. The molecule has 2 aromatic carbocycles. The van der Waals surface area contributed by atoms with E-state index in [1.54, 1.807) is 24.3 Å². The standard InChI is InChI=1S/C42H48N8O5/c1-40(2,3)55-39(54)48(5)24-29-9-6-7-10-30(29)25-50(38(53)41(4)15-19-49(20-16-41)34-14-18-43-27-45-34)26-35(51)46-32-13-12-28-22-42(23-31(28)21-32)33-11-8-17-44-36(33)47-37(42)52/h6-14,17-18,21,27H,15-16,19-20,22-26H2,1-5H3,(H,46,51)(H,44,47,52)/t42-/m1/s1. The summed E-state index contributed by atoms with van der Waals surface area (Å²) in [5, 5.41) is 5.98. The first kappa shape index (κ1) is 37.5. The molecule has 1 aliphatic carbocycles. The number of hydrogen-bond acceptors (Lipinski definition) is 9. The molecule has 4 aromatic rings. The first-order valence-corrected chi connectivity index (χ1v) is 18.7. The number of nitrogens with zero attached hydrogens (tertiary/aromatic N) is 6. The van der Waals surface area contributed by atoms with Crippen LogP contribution in [0.3, 0.4) is 0 Å². The van der Waals surface area contributed by atoms with E-state index in [1.165, 1.54) is 11.2 Å². The molecule has 1 saturated heterocycles. The van der Waals surface area contributed by atoms with Crippen molar-refractivity contribution >= 4 is 41.1 Å². The predicted octanol–water partition coefficient (Wildman–Crippen LogP) is 5.50. The molecule has 2 aliphatic heterocycles. The molecule has 55 heavy (non-hydrogen) atoms. The minimum atomic E-state index is -0.721. The lowest BCUT2D eigenvalue weighted by atomic mass is 9.78. The van der Waals surface area contributed by atoms with Gasteiger partial charge in [-0.2, -0.15) is 0 Å². The number of carbonyl (C=O) groups excluding carboxylic acids is 4. The average molecular weight is 745 g/mol. The number of piperidine rings is 1. The van der Waals surface area contributed by atoms with Gasteiger partial charge in [-0.05, 0) is 93.0 Å². The lowest BCUT2D eigenvalue weighted by Crippen LogP contribution is -2.50. The van der Waals surface area contributed by atoms with Gasteiger partial charge in [-0.15, -0.1) is 0 Å². The molecule has 0 bridgehead atoms. The highest BCUT2D eigenvalue weighted by atomic mass is 16.6. The fraction of sp³-hybridized carbons (Fsp3) is 0.405. The third-order valence-electron chi connectivity index (χ3n) is 11.0. The maximum Gasteiger partial charge on any atom is 0.410 e. The minimum Gasteiger partial charge on any atom is -0.444 e. The van der Waals surface area contributed by atoms with Gasteiger partial charge < -0.3 is 30.1 Å². The largest absolute Gasteiger partial charge is 0.444 e. The van der Waals surface area contributed by atoms with Crippen molar-refractivity contribution < 1.29 is 23.9 Å². The summed E-state index contributed by atoms with van der Waals surface area (Å²) in [5.41, 5.74) is 3.12. The zero-order valence-electron chi connectivity index (χ0n) is 32.1. The summed E-state index contributed by atoms with van der Waals surface area (Å²) in [4.78, 5) is 72.8. The van der Waals surface area contributed by atoms with E-state index in [9.17, 15) is 19.2 Å². The first-order chi connectivity index (χ1) is 26.2. The maximum atomic E-state index is 14.7. The topological polar surface area (TPSA) is 150 Å². The van der Waals surface area contributed by atoms with Crippen molar-refractivity contribution in [3.63, 3.8) is 0 Å². The molecule has 3 aliphatic rings. The van der Waals surface area contributed by atoms with Gasteiger partial charge in [0.1, 0.15) is 30.1 Å². The molecule has 1 atom stereocenters. The van der Waals surface area contributed by atoms with Crippen molar-refractivity contribution in [3.05, 3.63) is 107 Å². The van der Waals surface area contributed by atoms with Gasteiger partial charge in [0.25, 0.3) is 0 Å². The van der Waals surface area contributed by atoms with Crippen LogP contribution in [0.25, 0.3) is 0 Å². The summed E-state index contributed by atoms with van der Waals surface area (Å²) in [5.74, 6) is 0.907. The molecule has 4 amide bonds. The summed E-state index contributed by atoms with van der Waals surface area (Å²) >= 11 is 0.